The molecule has 0 spiro atoms. The Labute approximate surface area is 99.4 Å². The monoisotopic (exact) mass is 227 g/mol. The lowest BCUT2D eigenvalue weighted by Gasteiger charge is -2.00. The van der Waals surface area contributed by atoms with Crippen LogP contribution in [0, 0.1) is 0 Å². The van der Waals surface area contributed by atoms with Gasteiger partial charge >= 0.3 is 5.97 Å². The van der Waals surface area contributed by atoms with Gasteiger partial charge in [-0.1, -0.05) is 30.3 Å². The van der Waals surface area contributed by atoms with E-state index in [1.165, 1.54) is 0 Å². The van der Waals surface area contributed by atoms with E-state index >= 15 is 0 Å². The molecule has 0 bridgehead atoms. The Morgan fingerprint density at radius 3 is 2.76 bits per heavy atom. The highest BCUT2D eigenvalue weighted by Crippen LogP contribution is 2.14. The predicted molar refractivity (Wildman–Crippen MR) is 66.8 cm³/mol. The number of hydrogen-bond donors (Lipinski definition) is 1. The van der Waals surface area contributed by atoms with Gasteiger partial charge in [0, 0.05) is 29.3 Å². The van der Waals surface area contributed by atoms with Crippen molar-refractivity contribution in [3.8, 4) is 0 Å². The van der Waals surface area contributed by atoms with E-state index in [1.54, 1.807) is 13.0 Å². The number of carbonyl (C=O) groups is 1. The third-order valence-corrected chi connectivity index (χ3v) is 2.64. The molecular weight excluding hydrogens is 214 g/mol. The summed E-state index contributed by atoms with van der Waals surface area (Å²) >= 11 is 0. The molecule has 0 aliphatic rings. The number of rotatable bonds is 3. The average molecular weight is 227 g/mol. The van der Waals surface area contributed by atoms with Gasteiger partial charge in [0.1, 0.15) is 0 Å². The van der Waals surface area contributed by atoms with Crippen molar-refractivity contribution in [1.82, 2.24) is 4.98 Å². The molecule has 0 atom stereocenters. The van der Waals surface area contributed by atoms with Crippen LogP contribution in [0.3, 0.4) is 0 Å². The SMILES string of the molecule is CC(=CCc1cc2ccccc2cn1)C(=O)O. The summed E-state index contributed by atoms with van der Waals surface area (Å²) in [7, 11) is 0. The van der Waals surface area contributed by atoms with Crippen LogP contribution in [0.5, 0.6) is 0 Å². The second-order valence-electron chi connectivity index (χ2n) is 3.92. The fourth-order valence-corrected chi connectivity index (χ4v) is 1.59. The molecule has 0 amide bonds. The van der Waals surface area contributed by atoms with Crippen molar-refractivity contribution in [3.05, 3.63) is 53.9 Å². The highest BCUT2D eigenvalue weighted by atomic mass is 16.4. The summed E-state index contributed by atoms with van der Waals surface area (Å²) in [6.07, 6.45) is 4.04. The van der Waals surface area contributed by atoms with Gasteiger partial charge in [0.05, 0.1) is 0 Å². The number of benzene rings is 1. The standard InChI is InChI=1S/C14H13NO2/c1-10(14(16)17)6-7-13-8-11-4-2-3-5-12(11)9-15-13/h2-6,8-9H,7H2,1H3,(H,16,17). The van der Waals surface area contributed by atoms with Crippen LogP contribution in [0.25, 0.3) is 10.8 Å². The maximum atomic E-state index is 10.6. The molecule has 3 nitrogen and oxygen atoms in total. The van der Waals surface area contributed by atoms with Crippen molar-refractivity contribution in [1.29, 1.82) is 0 Å². The summed E-state index contributed by atoms with van der Waals surface area (Å²) in [4.78, 5) is 14.9. The van der Waals surface area contributed by atoms with Gasteiger partial charge in [0.2, 0.25) is 0 Å². The van der Waals surface area contributed by atoms with E-state index in [9.17, 15) is 4.79 Å². The number of aliphatic carboxylic acids is 1. The van der Waals surface area contributed by atoms with Crippen LogP contribution in [0.1, 0.15) is 12.6 Å². The summed E-state index contributed by atoms with van der Waals surface area (Å²) < 4.78 is 0. The second kappa shape index (κ2) is 4.78. The number of nitrogens with zero attached hydrogens (tertiary/aromatic N) is 1. The zero-order valence-electron chi connectivity index (χ0n) is 9.55. The van der Waals surface area contributed by atoms with Crippen LogP contribution < -0.4 is 0 Å². The number of aromatic nitrogens is 1. The summed E-state index contributed by atoms with van der Waals surface area (Å²) in [5, 5.41) is 11.0. The van der Waals surface area contributed by atoms with Crippen molar-refractivity contribution in [3.63, 3.8) is 0 Å². The first kappa shape index (κ1) is 11.3. The van der Waals surface area contributed by atoms with Gasteiger partial charge in [-0.3, -0.25) is 4.98 Å². The molecular formula is C14H13NO2. The molecule has 0 radical (unpaired) electrons. The molecule has 0 unspecified atom stereocenters. The second-order valence-corrected chi connectivity index (χ2v) is 3.92. The topological polar surface area (TPSA) is 50.2 Å². The van der Waals surface area contributed by atoms with Gasteiger partial charge in [0.15, 0.2) is 0 Å². The first-order chi connectivity index (χ1) is 8.16. The van der Waals surface area contributed by atoms with E-state index < -0.39 is 5.97 Å². The molecule has 0 aliphatic heterocycles. The van der Waals surface area contributed by atoms with Crippen molar-refractivity contribution in [2.45, 2.75) is 13.3 Å². The highest BCUT2D eigenvalue weighted by Gasteiger charge is 2.00. The number of fused-ring (bicyclic) bond motifs is 1. The van der Waals surface area contributed by atoms with Crippen LogP contribution in [0.15, 0.2) is 48.2 Å². The Morgan fingerprint density at radius 2 is 2.06 bits per heavy atom. The Kier molecular flexibility index (Phi) is 3.19. The molecule has 0 aliphatic carbocycles. The zero-order chi connectivity index (χ0) is 12.3. The maximum Gasteiger partial charge on any atom is 0.330 e. The van der Waals surface area contributed by atoms with Gasteiger partial charge in [-0.05, 0) is 18.4 Å². The lowest BCUT2D eigenvalue weighted by molar-refractivity contribution is -0.132. The molecule has 1 heterocycles. The number of hydrogen-bond acceptors (Lipinski definition) is 2. The quantitative estimate of drug-likeness (QED) is 0.820. The van der Waals surface area contributed by atoms with Crippen LogP contribution in [-0.4, -0.2) is 16.1 Å². The first-order valence-electron chi connectivity index (χ1n) is 5.40. The van der Waals surface area contributed by atoms with Gasteiger partial charge < -0.3 is 5.11 Å². The van der Waals surface area contributed by atoms with E-state index in [-0.39, 0.29) is 0 Å². The maximum absolute atomic E-state index is 10.6. The third kappa shape index (κ3) is 2.69. The number of carboxylic acid groups (broad SMARTS) is 1. The minimum Gasteiger partial charge on any atom is -0.478 e. The van der Waals surface area contributed by atoms with Crippen LogP contribution in [0.2, 0.25) is 0 Å². The minimum atomic E-state index is -0.884. The van der Waals surface area contributed by atoms with E-state index in [0.29, 0.717) is 12.0 Å². The smallest absolute Gasteiger partial charge is 0.330 e. The highest BCUT2D eigenvalue weighted by molar-refractivity contribution is 5.86. The number of carboxylic acids is 1. The van der Waals surface area contributed by atoms with Gasteiger partial charge in [0.25, 0.3) is 0 Å². The van der Waals surface area contributed by atoms with Crippen molar-refractivity contribution in [2.75, 3.05) is 0 Å². The summed E-state index contributed by atoms with van der Waals surface area (Å²) in [5.41, 5.74) is 1.23. The van der Waals surface area contributed by atoms with E-state index in [4.69, 9.17) is 5.11 Å². The summed E-state index contributed by atoms with van der Waals surface area (Å²) in [6.45, 7) is 1.59. The van der Waals surface area contributed by atoms with Gasteiger partial charge in [-0.2, -0.15) is 0 Å². The number of pyridine rings is 1. The summed E-state index contributed by atoms with van der Waals surface area (Å²) in [6, 6.07) is 9.96. The van der Waals surface area contributed by atoms with Gasteiger partial charge in [-0.25, -0.2) is 4.79 Å². The number of allylic oxidation sites excluding steroid dienone is 1. The largest absolute Gasteiger partial charge is 0.478 e. The lowest BCUT2D eigenvalue weighted by atomic mass is 10.1. The van der Waals surface area contributed by atoms with E-state index in [2.05, 4.69) is 4.98 Å². The average Bonchev–Trinajstić information content (AvgIpc) is 2.35. The molecule has 1 aromatic heterocycles. The molecule has 0 fully saturated rings. The van der Waals surface area contributed by atoms with Crippen molar-refractivity contribution in [2.24, 2.45) is 0 Å². The third-order valence-electron chi connectivity index (χ3n) is 2.64. The van der Waals surface area contributed by atoms with Crippen molar-refractivity contribution >= 4 is 16.7 Å². The molecule has 0 saturated carbocycles. The molecule has 2 rings (SSSR count). The molecule has 0 saturated heterocycles. The van der Waals surface area contributed by atoms with E-state index in [0.717, 1.165) is 16.5 Å². The molecule has 17 heavy (non-hydrogen) atoms. The van der Waals surface area contributed by atoms with Crippen LogP contribution in [-0.2, 0) is 11.2 Å². The van der Waals surface area contributed by atoms with E-state index in [1.807, 2.05) is 36.5 Å². The Hall–Kier alpha value is -2.16. The van der Waals surface area contributed by atoms with Crippen LogP contribution >= 0.6 is 0 Å². The fraction of sp³-hybridized carbons (Fsp3) is 0.143. The summed E-state index contributed by atoms with van der Waals surface area (Å²) in [5.74, 6) is -0.884. The Morgan fingerprint density at radius 1 is 1.35 bits per heavy atom. The molecule has 3 heteroatoms. The molecule has 1 N–H and O–H groups in total. The predicted octanol–water partition coefficient (Wildman–Crippen LogP) is 2.81. The van der Waals surface area contributed by atoms with Crippen LogP contribution in [0.4, 0.5) is 0 Å². The molecule has 1 aromatic carbocycles. The van der Waals surface area contributed by atoms with Crippen molar-refractivity contribution < 1.29 is 9.90 Å². The zero-order valence-corrected chi connectivity index (χ0v) is 9.55. The normalized spacial score (nSPS) is 11.7. The minimum absolute atomic E-state index is 0.347. The molecule has 2 aromatic rings. The fourth-order valence-electron chi connectivity index (χ4n) is 1.59. The lowest BCUT2D eigenvalue weighted by Crippen LogP contribution is -1.97. The molecule has 86 valence electrons. The van der Waals surface area contributed by atoms with Gasteiger partial charge in [-0.15, -0.1) is 0 Å². The Balaban J connectivity index is 2.25. The Bertz CT molecular complexity index is 588. The first-order valence-corrected chi connectivity index (χ1v) is 5.40.